The van der Waals surface area contributed by atoms with Crippen LogP contribution in [0.15, 0.2) is 43.0 Å². The highest BCUT2D eigenvalue weighted by Crippen LogP contribution is 2.31. The second-order valence-corrected chi connectivity index (χ2v) is 5.17. The summed E-state index contributed by atoms with van der Waals surface area (Å²) in [5.74, 6) is 0. The van der Waals surface area contributed by atoms with Gasteiger partial charge in [-0.1, -0.05) is 55.7 Å². The summed E-state index contributed by atoms with van der Waals surface area (Å²) >= 11 is 0. The molecule has 0 spiro atoms. The van der Waals surface area contributed by atoms with Gasteiger partial charge in [0.15, 0.2) is 0 Å². The molecule has 1 N–H and O–H groups in total. The fraction of sp³-hybridized carbons (Fsp3) is 0.500. The van der Waals surface area contributed by atoms with Crippen LogP contribution < -0.4 is 5.32 Å². The molecule has 0 aromatic heterocycles. The van der Waals surface area contributed by atoms with Crippen LogP contribution in [0.3, 0.4) is 0 Å². The fourth-order valence-corrected chi connectivity index (χ4v) is 2.84. The van der Waals surface area contributed by atoms with Gasteiger partial charge in [-0.3, -0.25) is 0 Å². The molecule has 2 rings (SSSR count). The highest BCUT2D eigenvalue weighted by atomic mass is 15.0. The third kappa shape index (κ3) is 3.44. The summed E-state index contributed by atoms with van der Waals surface area (Å²) in [6, 6.07) is 10.7. The van der Waals surface area contributed by atoms with Crippen molar-refractivity contribution in [3.05, 3.63) is 48.6 Å². The molecule has 1 aromatic rings. The van der Waals surface area contributed by atoms with Crippen LogP contribution in [0.4, 0.5) is 0 Å². The molecular weight excluding hydrogens is 206 g/mol. The van der Waals surface area contributed by atoms with Gasteiger partial charge in [0.2, 0.25) is 0 Å². The molecule has 0 unspecified atom stereocenters. The Balaban J connectivity index is 1.95. The molecule has 0 saturated heterocycles. The van der Waals surface area contributed by atoms with Crippen molar-refractivity contribution < 1.29 is 0 Å². The predicted octanol–water partition coefficient (Wildman–Crippen LogP) is 4.06. The lowest BCUT2D eigenvalue weighted by Gasteiger charge is -2.38. The normalized spacial score (nSPS) is 18.8. The van der Waals surface area contributed by atoms with Crippen molar-refractivity contribution in [2.45, 2.75) is 50.6 Å². The maximum atomic E-state index is 3.91. The third-order valence-corrected chi connectivity index (χ3v) is 3.86. The lowest BCUT2D eigenvalue weighted by molar-refractivity contribution is 0.231. The summed E-state index contributed by atoms with van der Waals surface area (Å²) in [6.45, 7) is 4.90. The molecule has 0 heterocycles. The van der Waals surface area contributed by atoms with Crippen LogP contribution in [0.2, 0.25) is 0 Å². The predicted molar refractivity (Wildman–Crippen MR) is 73.9 cm³/mol. The van der Waals surface area contributed by atoms with Crippen LogP contribution in [-0.2, 0) is 6.54 Å². The van der Waals surface area contributed by atoms with Crippen molar-refractivity contribution in [1.82, 2.24) is 5.32 Å². The number of hydrogen-bond donors (Lipinski definition) is 1. The second kappa shape index (κ2) is 6.02. The maximum absolute atomic E-state index is 3.91. The first-order valence-corrected chi connectivity index (χ1v) is 6.74. The third-order valence-electron chi connectivity index (χ3n) is 3.86. The Labute approximate surface area is 105 Å². The number of rotatable bonds is 5. The number of hydrogen-bond acceptors (Lipinski definition) is 1. The van der Waals surface area contributed by atoms with E-state index in [0.29, 0.717) is 5.54 Å². The minimum atomic E-state index is 0.315. The van der Waals surface area contributed by atoms with Gasteiger partial charge in [0.1, 0.15) is 0 Å². The molecule has 17 heavy (non-hydrogen) atoms. The van der Waals surface area contributed by atoms with E-state index >= 15 is 0 Å². The van der Waals surface area contributed by atoms with E-state index in [1.807, 2.05) is 0 Å². The van der Waals surface area contributed by atoms with Crippen molar-refractivity contribution in [2.24, 2.45) is 0 Å². The summed E-state index contributed by atoms with van der Waals surface area (Å²) in [4.78, 5) is 0. The molecule has 1 heteroatoms. The zero-order valence-corrected chi connectivity index (χ0v) is 10.6. The van der Waals surface area contributed by atoms with Crippen LogP contribution in [0.5, 0.6) is 0 Å². The van der Waals surface area contributed by atoms with Gasteiger partial charge in [0.05, 0.1) is 0 Å². The molecule has 0 radical (unpaired) electrons. The minimum Gasteiger partial charge on any atom is -0.307 e. The Morgan fingerprint density at radius 1 is 1.12 bits per heavy atom. The Morgan fingerprint density at radius 2 is 1.82 bits per heavy atom. The van der Waals surface area contributed by atoms with Gasteiger partial charge in [0.25, 0.3) is 0 Å². The van der Waals surface area contributed by atoms with Gasteiger partial charge >= 0.3 is 0 Å². The molecule has 1 saturated carbocycles. The molecule has 1 aliphatic rings. The average Bonchev–Trinajstić information content (AvgIpc) is 2.39. The summed E-state index contributed by atoms with van der Waals surface area (Å²) in [7, 11) is 0. The van der Waals surface area contributed by atoms with E-state index in [4.69, 9.17) is 0 Å². The Kier molecular flexibility index (Phi) is 4.38. The van der Waals surface area contributed by atoms with E-state index in [9.17, 15) is 0 Å². The summed E-state index contributed by atoms with van der Waals surface area (Å²) in [5.41, 5.74) is 1.69. The zero-order chi connectivity index (χ0) is 12.0. The van der Waals surface area contributed by atoms with E-state index < -0.39 is 0 Å². The van der Waals surface area contributed by atoms with E-state index in [2.05, 4.69) is 48.3 Å². The van der Waals surface area contributed by atoms with Crippen molar-refractivity contribution in [3.63, 3.8) is 0 Å². The van der Waals surface area contributed by atoms with Crippen molar-refractivity contribution in [2.75, 3.05) is 0 Å². The second-order valence-electron chi connectivity index (χ2n) is 5.17. The first-order valence-electron chi connectivity index (χ1n) is 6.74. The van der Waals surface area contributed by atoms with E-state index in [-0.39, 0.29) is 0 Å². The largest absolute Gasteiger partial charge is 0.307 e. The van der Waals surface area contributed by atoms with Crippen LogP contribution in [0.1, 0.15) is 44.1 Å². The van der Waals surface area contributed by atoms with Crippen LogP contribution in [-0.4, -0.2) is 5.54 Å². The molecule has 0 amide bonds. The summed E-state index contributed by atoms with van der Waals surface area (Å²) < 4.78 is 0. The molecule has 0 aliphatic heterocycles. The average molecular weight is 229 g/mol. The van der Waals surface area contributed by atoms with E-state index in [1.165, 1.54) is 37.7 Å². The fourth-order valence-electron chi connectivity index (χ4n) is 2.84. The molecule has 1 nitrogen and oxygen atoms in total. The van der Waals surface area contributed by atoms with Crippen molar-refractivity contribution >= 4 is 0 Å². The zero-order valence-electron chi connectivity index (χ0n) is 10.6. The van der Waals surface area contributed by atoms with Gasteiger partial charge in [-0.2, -0.15) is 0 Å². The standard InChI is InChI=1S/C16H23N/c1-2-11-16(12-7-4-8-13-16)17-14-15-9-5-3-6-10-15/h2-3,5-6,9-10,17H,1,4,7-8,11-14H2. The first-order chi connectivity index (χ1) is 8.35. The molecular formula is C16H23N. The molecule has 1 fully saturated rings. The smallest absolute Gasteiger partial charge is 0.0219 e. The lowest BCUT2D eigenvalue weighted by Crippen LogP contribution is -2.45. The molecule has 1 aliphatic carbocycles. The summed E-state index contributed by atoms with van der Waals surface area (Å²) in [5, 5.41) is 3.78. The van der Waals surface area contributed by atoms with Crippen LogP contribution in [0.25, 0.3) is 0 Å². The quantitative estimate of drug-likeness (QED) is 0.751. The summed E-state index contributed by atoms with van der Waals surface area (Å²) in [6.07, 6.45) is 9.87. The highest BCUT2D eigenvalue weighted by Gasteiger charge is 2.29. The SMILES string of the molecule is C=CCC1(NCc2ccccc2)CCCCC1. The first kappa shape index (κ1) is 12.4. The van der Waals surface area contributed by atoms with Crippen molar-refractivity contribution in [1.29, 1.82) is 0 Å². The lowest BCUT2D eigenvalue weighted by atomic mass is 9.79. The van der Waals surface area contributed by atoms with Gasteiger partial charge in [0, 0.05) is 12.1 Å². The number of benzene rings is 1. The van der Waals surface area contributed by atoms with Crippen LogP contribution in [0, 0.1) is 0 Å². The minimum absolute atomic E-state index is 0.315. The maximum Gasteiger partial charge on any atom is 0.0219 e. The van der Waals surface area contributed by atoms with Gasteiger partial charge < -0.3 is 5.32 Å². The Bertz CT molecular complexity index is 336. The monoisotopic (exact) mass is 229 g/mol. The van der Waals surface area contributed by atoms with Gasteiger partial charge in [-0.15, -0.1) is 6.58 Å². The molecule has 0 atom stereocenters. The Morgan fingerprint density at radius 3 is 2.47 bits per heavy atom. The van der Waals surface area contributed by atoms with Gasteiger partial charge in [-0.25, -0.2) is 0 Å². The number of nitrogens with one attached hydrogen (secondary N) is 1. The highest BCUT2D eigenvalue weighted by molar-refractivity contribution is 5.15. The Hall–Kier alpha value is -1.08. The molecule has 0 bridgehead atoms. The topological polar surface area (TPSA) is 12.0 Å². The van der Waals surface area contributed by atoms with E-state index in [0.717, 1.165) is 13.0 Å². The molecule has 1 aromatic carbocycles. The van der Waals surface area contributed by atoms with Crippen LogP contribution >= 0.6 is 0 Å². The van der Waals surface area contributed by atoms with Crippen molar-refractivity contribution in [3.8, 4) is 0 Å². The molecule has 92 valence electrons. The van der Waals surface area contributed by atoms with Gasteiger partial charge in [-0.05, 0) is 24.8 Å². The van der Waals surface area contributed by atoms with E-state index in [1.54, 1.807) is 0 Å².